The molecule has 0 spiro atoms. The maximum absolute atomic E-state index is 14.4. The second-order valence-electron chi connectivity index (χ2n) is 10.3. The Balaban J connectivity index is 0.000000644. The number of urea groups is 1. The minimum absolute atomic E-state index is 0.115. The Kier molecular flexibility index (Phi) is 12.3. The highest BCUT2D eigenvalue weighted by Gasteiger charge is 2.44. The molecule has 0 bridgehead atoms. The van der Waals surface area contributed by atoms with Crippen LogP contribution in [0, 0.1) is 0 Å². The third-order valence-electron chi connectivity index (χ3n) is 7.30. The van der Waals surface area contributed by atoms with Crippen LogP contribution >= 0.6 is 23.2 Å². The number of ether oxygens (including phenoxy) is 3. The van der Waals surface area contributed by atoms with Gasteiger partial charge < -0.3 is 29.5 Å². The Labute approximate surface area is 279 Å². The third kappa shape index (κ3) is 9.07. The lowest BCUT2D eigenvalue weighted by atomic mass is 9.93. The second kappa shape index (κ2) is 16.2. The first kappa shape index (κ1) is 35.8. The third-order valence-corrected chi connectivity index (χ3v) is 7.80. The topological polar surface area (TPSA) is 113 Å². The number of carbonyl (C=O) groups is 2. The van der Waals surface area contributed by atoms with E-state index in [0.29, 0.717) is 59.2 Å². The van der Waals surface area contributed by atoms with E-state index in [1.165, 1.54) is 0 Å². The molecule has 2 aliphatic rings. The van der Waals surface area contributed by atoms with Crippen LogP contribution in [0.3, 0.4) is 0 Å². The van der Waals surface area contributed by atoms with Crippen LogP contribution in [-0.2, 0) is 9.53 Å². The van der Waals surface area contributed by atoms with Gasteiger partial charge in [0.25, 0.3) is 0 Å². The molecule has 10 nitrogen and oxygen atoms in total. The molecule has 0 radical (unpaired) electrons. The van der Waals surface area contributed by atoms with Crippen LogP contribution in [0.2, 0.25) is 10.0 Å². The molecule has 3 aromatic rings. The van der Waals surface area contributed by atoms with E-state index < -0.39 is 24.2 Å². The van der Waals surface area contributed by atoms with E-state index in [1.807, 2.05) is 71.6 Å². The Morgan fingerprint density at radius 3 is 2.04 bits per heavy atom. The van der Waals surface area contributed by atoms with Crippen molar-refractivity contribution in [1.29, 1.82) is 0 Å². The maximum Gasteiger partial charge on any atom is 0.490 e. The van der Waals surface area contributed by atoms with Crippen molar-refractivity contribution < 1.29 is 42.1 Å². The number of hydrogen-bond acceptors (Lipinski definition) is 7. The summed E-state index contributed by atoms with van der Waals surface area (Å²) in [5.74, 6) is -1.04. The quantitative estimate of drug-likeness (QED) is 0.269. The zero-order valence-electron chi connectivity index (χ0n) is 25.5. The fourth-order valence-corrected chi connectivity index (χ4v) is 5.28. The molecule has 2 atom stereocenters. The zero-order valence-corrected chi connectivity index (χ0v) is 27.0. The monoisotopic (exact) mass is 696 g/mol. The van der Waals surface area contributed by atoms with Gasteiger partial charge in [0.2, 0.25) is 0 Å². The summed E-state index contributed by atoms with van der Waals surface area (Å²) < 4.78 is 48.6. The molecule has 15 heteroatoms. The second-order valence-corrected chi connectivity index (χ2v) is 11.2. The SMILES string of the molecule is COCCOc1cc(OC)ccc1C1=NC(c2ccc(Cl)cc2)C(c2ccc(Cl)cc2)N1C(=O)N1CCNCC1.O=C(O)C(F)(F)F. The van der Waals surface area contributed by atoms with E-state index in [1.54, 1.807) is 19.1 Å². The molecule has 0 saturated carbocycles. The first-order valence-electron chi connectivity index (χ1n) is 14.4. The van der Waals surface area contributed by atoms with Gasteiger partial charge in [0, 0.05) is 49.4 Å². The minimum atomic E-state index is -5.08. The predicted molar refractivity (Wildman–Crippen MR) is 171 cm³/mol. The van der Waals surface area contributed by atoms with Gasteiger partial charge in [-0.15, -0.1) is 0 Å². The number of carboxylic acid groups (broad SMARTS) is 1. The number of amidine groups is 1. The minimum Gasteiger partial charge on any atom is -0.497 e. The van der Waals surface area contributed by atoms with Gasteiger partial charge in [0.15, 0.2) is 0 Å². The van der Waals surface area contributed by atoms with Crippen LogP contribution in [0.1, 0.15) is 28.8 Å². The van der Waals surface area contributed by atoms with Crippen molar-refractivity contribution in [1.82, 2.24) is 15.1 Å². The highest BCUT2D eigenvalue weighted by molar-refractivity contribution is 6.30. The van der Waals surface area contributed by atoms with Crippen LogP contribution in [0.5, 0.6) is 11.5 Å². The standard InChI is InChI=1S/C30H32Cl2N4O4.C2HF3O2/c1-38-17-18-40-26-19-24(39-2)11-12-25(26)29-34-27(20-3-7-22(31)8-4-20)28(21-5-9-23(32)10-6-21)36(29)30(37)35-15-13-33-14-16-35;3-2(4,5)1(6)7/h3-12,19,27-28,33H,13-18H2,1-2H3;(H,6,7). The highest BCUT2D eigenvalue weighted by atomic mass is 35.5. The van der Waals surface area contributed by atoms with E-state index >= 15 is 0 Å². The molecule has 0 aliphatic carbocycles. The zero-order chi connectivity index (χ0) is 34.1. The normalized spacial score (nSPS) is 17.8. The molecular formula is C32H33Cl2F3N4O6. The number of amides is 2. The van der Waals surface area contributed by atoms with Crippen molar-refractivity contribution in [2.45, 2.75) is 18.3 Å². The molecule has 3 aromatic carbocycles. The molecule has 2 unspecified atom stereocenters. The number of rotatable bonds is 8. The Bertz CT molecular complexity index is 1550. The van der Waals surface area contributed by atoms with Gasteiger partial charge in [-0.05, 0) is 47.5 Å². The Morgan fingerprint density at radius 2 is 1.51 bits per heavy atom. The number of hydrogen-bond donors (Lipinski definition) is 2. The molecule has 2 amide bonds. The smallest absolute Gasteiger partial charge is 0.490 e. The van der Waals surface area contributed by atoms with Crippen LogP contribution in [0.15, 0.2) is 71.7 Å². The van der Waals surface area contributed by atoms with Crippen molar-refractivity contribution in [2.75, 3.05) is 53.6 Å². The van der Waals surface area contributed by atoms with Crippen LogP contribution in [-0.4, -0.2) is 92.5 Å². The van der Waals surface area contributed by atoms with E-state index in [2.05, 4.69) is 5.32 Å². The van der Waals surface area contributed by atoms with Gasteiger partial charge in [0.05, 0.1) is 25.3 Å². The number of nitrogens with one attached hydrogen (secondary N) is 1. The number of aliphatic imine (C=N–C) groups is 1. The molecule has 5 rings (SSSR count). The average Bonchev–Trinajstić information content (AvgIpc) is 3.45. The number of carboxylic acids is 1. The lowest BCUT2D eigenvalue weighted by Gasteiger charge is -2.36. The molecule has 1 fully saturated rings. The number of nitrogens with zero attached hydrogens (tertiary/aromatic N) is 3. The number of benzene rings is 3. The molecule has 0 aromatic heterocycles. The van der Waals surface area contributed by atoms with Crippen LogP contribution < -0.4 is 14.8 Å². The molecule has 2 heterocycles. The Morgan fingerprint density at radius 1 is 0.936 bits per heavy atom. The van der Waals surface area contributed by atoms with Gasteiger partial charge in [-0.25, -0.2) is 9.59 Å². The maximum atomic E-state index is 14.4. The fourth-order valence-electron chi connectivity index (χ4n) is 5.03. The molecule has 1 saturated heterocycles. The lowest BCUT2D eigenvalue weighted by molar-refractivity contribution is -0.192. The summed E-state index contributed by atoms with van der Waals surface area (Å²) in [7, 11) is 3.23. The van der Waals surface area contributed by atoms with Gasteiger partial charge in [-0.1, -0.05) is 47.5 Å². The number of alkyl halides is 3. The number of halogens is 5. The van der Waals surface area contributed by atoms with E-state index in [0.717, 1.165) is 24.2 Å². The van der Waals surface area contributed by atoms with Gasteiger partial charge in [0.1, 0.15) is 30.0 Å². The largest absolute Gasteiger partial charge is 0.497 e. The van der Waals surface area contributed by atoms with Crippen molar-refractivity contribution in [3.05, 3.63) is 93.5 Å². The highest BCUT2D eigenvalue weighted by Crippen LogP contribution is 2.45. The van der Waals surface area contributed by atoms with E-state index in [-0.39, 0.29) is 6.03 Å². The molecule has 47 heavy (non-hydrogen) atoms. The van der Waals surface area contributed by atoms with E-state index in [9.17, 15) is 18.0 Å². The summed E-state index contributed by atoms with van der Waals surface area (Å²) in [6, 6.07) is 19.8. The van der Waals surface area contributed by atoms with Gasteiger partial charge >= 0.3 is 18.2 Å². The number of piperazine rings is 1. The summed E-state index contributed by atoms with van der Waals surface area (Å²) in [4.78, 5) is 32.2. The summed E-state index contributed by atoms with van der Waals surface area (Å²) in [6.07, 6.45) is -5.08. The van der Waals surface area contributed by atoms with Gasteiger partial charge in [-0.3, -0.25) is 9.89 Å². The predicted octanol–water partition coefficient (Wildman–Crippen LogP) is 6.23. The summed E-state index contributed by atoms with van der Waals surface area (Å²) in [5, 5.41) is 11.7. The molecule has 2 N–H and O–H groups in total. The number of aliphatic carboxylic acids is 1. The molecule has 2 aliphatic heterocycles. The van der Waals surface area contributed by atoms with Crippen LogP contribution in [0.4, 0.5) is 18.0 Å². The number of carbonyl (C=O) groups excluding carboxylic acids is 1. The Hall–Kier alpha value is -4.04. The molecule has 252 valence electrons. The van der Waals surface area contributed by atoms with Crippen molar-refractivity contribution >= 4 is 41.0 Å². The number of methoxy groups -OCH3 is 2. The first-order chi connectivity index (χ1) is 22.4. The first-order valence-corrected chi connectivity index (χ1v) is 15.2. The molecular weight excluding hydrogens is 664 g/mol. The fraction of sp³-hybridized carbons (Fsp3) is 0.344. The summed E-state index contributed by atoms with van der Waals surface area (Å²) in [5.41, 5.74) is 2.55. The summed E-state index contributed by atoms with van der Waals surface area (Å²) >= 11 is 12.5. The van der Waals surface area contributed by atoms with E-state index in [4.69, 9.17) is 52.3 Å². The average molecular weight is 698 g/mol. The van der Waals surface area contributed by atoms with Gasteiger partial charge in [-0.2, -0.15) is 13.2 Å². The van der Waals surface area contributed by atoms with Crippen molar-refractivity contribution in [3.63, 3.8) is 0 Å². The summed E-state index contributed by atoms with van der Waals surface area (Å²) in [6.45, 7) is 3.39. The van der Waals surface area contributed by atoms with Crippen molar-refractivity contribution in [2.24, 2.45) is 4.99 Å². The lowest BCUT2D eigenvalue weighted by Crippen LogP contribution is -2.53. The van der Waals surface area contributed by atoms with Crippen molar-refractivity contribution in [3.8, 4) is 11.5 Å². The van der Waals surface area contributed by atoms with Crippen LogP contribution in [0.25, 0.3) is 0 Å².